The lowest BCUT2D eigenvalue weighted by Gasteiger charge is -2.56. The van der Waals surface area contributed by atoms with Gasteiger partial charge in [-0.1, -0.05) is 35.5 Å². The van der Waals surface area contributed by atoms with E-state index in [0.717, 1.165) is 12.8 Å². The van der Waals surface area contributed by atoms with Gasteiger partial charge in [0, 0.05) is 47.7 Å². The number of ether oxygens (including phenoxy) is 10. The molecule has 512 valence electrons. The van der Waals surface area contributed by atoms with Crippen molar-refractivity contribution < 1.29 is 96.6 Å². The molecule has 2 saturated carbocycles. The zero-order chi connectivity index (χ0) is 69.5. The van der Waals surface area contributed by atoms with Crippen LogP contribution < -0.4 is 18.9 Å². The number of carbonyl (C=O) groups excluding carboxylic acids is 6. The second-order valence-corrected chi connectivity index (χ2v) is 31.3. The van der Waals surface area contributed by atoms with Crippen LogP contribution in [-0.2, 0) is 47.6 Å². The van der Waals surface area contributed by atoms with Crippen molar-refractivity contribution >= 4 is 48.2 Å². The molecule has 0 aromatic heterocycles. The first-order chi connectivity index (χ1) is 44.9. The van der Waals surface area contributed by atoms with Crippen LogP contribution in [0.4, 0.5) is 0 Å². The number of Topliss-reactive ketones (excluding diaryl/α,β-unsaturated/α-hetero) is 4. The fraction of sp³-hybridized carbons (Fsp3) is 0.553. The van der Waals surface area contributed by atoms with Crippen molar-refractivity contribution in [2.24, 2.45) is 23.7 Å². The number of rotatable bonds is 18. The molecule has 20 nitrogen and oxygen atoms in total. The Morgan fingerprint density at radius 3 is 1.21 bits per heavy atom. The molecule has 0 radical (unpaired) electrons. The Hall–Kier alpha value is -7.46. The third-order valence-corrected chi connectivity index (χ3v) is 22.5. The minimum atomic E-state index is -1.66. The van der Waals surface area contributed by atoms with Gasteiger partial charge in [-0.25, -0.2) is 0 Å². The summed E-state index contributed by atoms with van der Waals surface area (Å²) in [6.45, 7) is 30.8. The predicted molar refractivity (Wildman–Crippen MR) is 349 cm³/mol. The second-order valence-electron chi connectivity index (χ2n) is 31.3. The molecule has 4 N–H and O–H groups in total. The third-order valence-electron chi connectivity index (χ3n) is 22.5. The van der Waals surface area contributed by atoms with Crippen molar-refractivity contribution in [1.82, 2.24) is 0 Å². The van der Waals surface area contributed by atoms with E-state index in [-0.39, 0.29) is 115 Å². The molecule has 6 aliphatic carbocycles. The van der Waals surface area contributed by atoms with Gasteiger partial charge in [-0.05, 0) is 186 Å². The maximum atomic E-state index is 14.8. The Labute approximate surface area is 559 Å². The molecule has 4 saturated heterocycles. The van der Waals surface area contributed by atoms with E-state index in [1.54, 1.807) is 50.3 Å². The predicted octanol–water partition coefficient (Wildman–Crippen LogP) is 12.0. The van der Waals surface area contributed by atoms with Crippen LogP contribution >= 0.6 is 0 Å². The molecule has 0 amide bonds. The quantitative estimate of drug-likeness (QED) is 0.0467. The highest BCUT2D eigenvalue weighted by Crippen LogP contribution is 2.72. The standard InChI is InChI=1S/2C38H44O10/c2*1-19(2)10-9-13-36(8)14-12-22-27(40)25-28(41)23-16-21-17-24-34(4,5)48-37(32(21)43,15-11-20(3)44-18-39)38(23,24)46-31(25)26(30(22)45-36)29(42)33-35(6,7)47-33/h2*10-12,14,16,18,21,24,29,33,40,42H,9,13,15,17H2,1-8H3/b2*20-11-/t21-,24?,29?,33?,36+,37-,38-;21-,24?,29?,33?,36-,37-,38-/m11/s1. The number of aliphatic hydroxyl groups is 2. The topological polar surface area (TPSA) is 282 Å². The summed E-state index contributed by atoms with van der Waals surface area (Å²) in [5.41, 5.74) is -7.69. The maximum Gasteiger partial charge on any atom is 0.298 e. The van der Waals surface area contributed by atoms with E-state index in [4.69, 9.17) is 47.4 Å². The Balaban J connectivity index is 0.000000174. The first-order valence-electron chi connectivity index (χ1n) is 33.4. The number of phenolic OH excluding ortho intramolecular Hbond substituents is 2. The fourth-order valence-corrected chi connectivity index (χ4v) is 17.6. The number of benzene rings is 2. The first-order valence-corrected chi connectivity index (χ1v) is 33.4. The highest BCUT2D eigenvalue weighted by molar-refractivity contribution is 6.20. The molecule has 14 aliphatic rings. The average Bonchev–Trinajstić information content (AvgIpc) is 1.41. The van der Waals surface area contributed by atoms with Crippen molar-refractivity contribution in [3.8, 4) is 34.5 Å². The van der Waals surface area contributed by atoms with E-state index < -0.39 is 116 Å². The van der Waals surface area contributed by atoms with Gasteiger partial charge < -0.3 is 67.8 Å². The van der Waals surface area contributed by atoms with Gasteiger partial charge in [-0.3, -0.25) is 28.8 Å². The number of carbonyl (C=O) groups is 6. The lowest BCUT2D eigenvalue weighted by molar-refractivity contribution is -0.172. The molecule has 2 spiro atoms. The van der Waals surface area contributed by atoms with Crippen LogP contribution in [0.2, 0.25) is 0 Å². The molecule has 14 atom stereocenters. The fourth-order valence-electron chi connectivity index (χ4n) is 17.6. The van der Waals surface area contributed by atoms with Crippen molar-refractivity contribution in [1.29, 1.82) is 0 Å². The molecular weight excluding hydrogens is 1230 g/mol. The van der Waals surface area contributed by atoms with E-state index in [2.05, 4.69) is 12.2 Å². The Morgan fingerprint density at radius 1 is 0.531 bits per heavy atom. The maximum absolute atomic E-state index is 14.8. The normalized spacial score (nSPS) is 35.0. The Morgan fingerprint density at radius 2 is 0.885 bits per heavy atom. The molecule has 20 heteroatoms. The number of epoxide rings is 2. The number of allylic oxidation sites excluding steroid dienone is 8. The van der Waals surface area contributed by atoms with Gasteiger partial charge in [0.2, 0.25) is 0 Å². The van der Waals surface area contributed by atoms with Crippen LogP contribution in [0.1, 0.15) is 217 Å². The highest BCUT2D eigenvalue weighted by atomic mass is 16.6. The molecule has 6 fully saturated rings. The molecule has 8 aliphatic heterocycles. The molecule has 8 bridgehead atoms. The van der Waals surface area contributed by atoms with Crippen LogP contribution in [0, 0.1) is 23.7 Å². The number of phenols is 2. The molecule has 16 rings (SSSR count). The summed E-state index contributed by atoms with van der Waals surface area (Å²) in [6.07, 6.45) is 17.5. The SMILES string of the molecule is CC(C)=CCC[C@@]1(C)C=Cc2c(O)c3c(c(C(O)C4OC4(C)C)c2O1)O[C@]12C(=C[C@@H]4CC1C(C)(C)O[C@]2(C/C=C(/C)OC=O)C4=O)C3=O.CC(C)=CCC[C@]1(C)C=Cc2c(O)c3c(c(C(O)C4OC4(C)C)c2O1)O[C@]12C(=C[C@@H]4CC1C(C)(C)O[C@]2(C/C=C(/C)OC=O)C4=O)C3=O. The molecule has 8 heterocycles. The number of hydrogen-bond donors (Lipinski definition) is 4. The summed E-state index contributed by atoms with van der Waals surface area (Å²) in [4.78, 5) is 80.7. The van der Waals surface area contributed by atoms with Gasteiger partial charge in [0.1, 0.15) is 92.8 Å². The van der Waals surface area contributed by atoms with Gasteiger partial charge in [-0.2, -0.15) is 0 Å². The van der Waals surface area contributed by atoms with Crippen molar-refractivity contribution in [2.75, 3.05) is 0 Å². The molecule has 2 aromatic rings. The number of aromatic hydroxyl groups is 2. The molecule has 2 aromatic carbocycles. The van der Waals surface area contributed by atoms with Crippen LogP contribution in [0.25, 0.3) is 12.2 Å². The van der Waals surface area contributed by atoms with Gasteiger partial charge in [0.15, 0.2) is 45.5 Å². The van der Waals surface area contributed by atoms with Gasteiger partial charge >= 0.3 is 0 Å². The van der Waals surface area contributed by atoms with E-state index >= 15 is 0 Å². The van der Waals surface area contributed by atoms with Gasteiger partial charge in [0.05, 0.1) is 44.7 Å². The van der Waals surface area contributed by atoms with Crippen molar-refractivity contribution in [3.63, 3.8) is 0 Å². The molecular formula is C76H88O20. The first kappa shape index (κ1) is 67.1. The minimum Gasteiger partial charge on any atom is -0.506 e. The molecule has 96 heavy (non-hydrogen) atoms. The zero-order valence-corrected chi connectivity index (χ0v) is 57.5. The van der Waals surface area contributed by atoms with Crippen LogP contribution in [0.15, 0.2) is 82.4 Å². The van der Waals surface area contributed by atoms with Crippen LogP contribution in [-0.4, -0.2) is 125 Å². The highest BCUT2D eigenvalue weighted by Gasteiger charge is 2.83. The number of ketones is 4. The summed E-state index contributed by atoms with van der Waals surface area (Å²) >= 11 is 0. The lowest BCUT2D eigenvalue weighted by Crippen LogP contribution is -2.72. The van der Waals surface area contributed by atoms with Crippen LogP contribution in [0.5, 0.6) is 34.5 Å². The summed E-state index contributed by atoms with van der Waals surface area (Å²) in [6, 6.07) is 0. The van der Waals surface area contributed by atoms with Crippen LogP contribution in [0.3, 0.4) is 0 Å². The number of fused-ring (bicyclic) bond motifs is 4. The smallest absolute Gasteiger partial charge is 0.298 e. The average molecular weight is 1320 g/mol. The van der Waals surface area contributed by atoms with E-state index in [1.165, 1.54) is 11.1 Å². The Bertz CT molecular complexity index is 3800. The lowest BCUT2D eigenvalue weighted by atomic mass is 9.51. The van der Waals surface area contributed by atoms with E-state index in [1.807, 2.05) is 109 Å². The monoisotopic (exact) mass is 1320 g/mol. The third kappa shape index (κ3) is 9.62. The second kappa shape index (κ2) is 22.0. The Kier molecular flexibility index (Phi) is 15.4. The summed E-state index contributed by atoms with van der Waals surface area (Å²) in [7, 11) is 0. The van der Waals surface area contributed by atoms with E-state index in [9.17, 15) is 49.2 Å². The zero-order valence-electron chi connectivity index (χ0n) is 57.5. The van der Waals surface area contributed by atoms with Crippen molar-refractivity contribution in [3.05, 3.63) is 116 Å². The van der Waals surface area contributed by atoms with Crippen molar-refractivity contribution in [2.45, 2.75) is 243 Å². The molecule has 6 unspecified atom stereocenters. The number of aliphatic hydroxyl groups excluding tert-OH is 2. The van der Waals surface area contributed by atoms with Gasteiger partial charge in [-0.15, -0.1) is 0 Å². The largest absolute Gasteiger partial charge is 0.506 e. The van der Waals surface area contributed by atoms with E-state index in [0.29, 0.717) is 38.6 Å². The number of hydrogen-bond acceptors (Lipinski definition) is 20. The van der Waals surface area contributed by atoms with Gasteiger partial charge in [0.25, 0.3) is 12.9 Å². The summed E-state index contributed by atoms with van der Waals surface area (Å²) in [5, 5.41) is 47.9. The summed E-state index contributed by atoms with van der Waals surface area (Å²) < 4.78 is 63.0. The summed E-state index contributed by atoms with van der Waals surface area (Å²) in [5.74, 6) is -3.35. The minimum absolute atomic E-state index is 0.0306.